The van der Waals surface area contributed by atoms with Gasteiger partial charge in [0.15, 0.2) is 0 Å². The molecule has 0 saturated carbocycles. The third-order valence-corrected chi connectivity index (χ3v) is 3.96. The Balaban J connectivity index is 2.63. The van der Waals surface area contributed by atoms with Crippen molar-refractivity contribution in [2.45, 2.75) is 25.9 Å². The maximum atomic E-state index is 12.1. The summed E-state index contributed by atoms with van der Waals surface area (Å²) in [5, 5.41) is 12.8. The minimum Gasteiger partial charge on any atom is -0.388 e. The maximum absolute atomic E-state index is 12.1. The van der Waals surface area contributed by atoms with Crippen LogP contribution in [0.15, 0.2) is 22.7 Å². The molecule has 0 heterocycles. The lowest BCUT2D eigenvalue weighted by atomic mass is 10.0. The molecule has 1 rings (SSSR count). The SMILES string of the molecule is COCCC(C)(O)CNC(=O)c1cccc(C)c1Br. The number of hydrogen-bond donors (Lipinski definition) is 2. The Morgan fingerprint density at radius 3 is 2.84 bits per heavy atom. The number of aryl methyl sites for hydroxylation is 1. The largest absolute Gasteiger partial charge is 0.388 e. The van der Waals surface area contributed by atoms with Gasteiger partial charge in [0.05, 0.1) is 11.2 Å². The molecule has 0 aliphatic carbocycles. The van der Waals surface area contributed by atoms with Gasteiger partial charge >= 0.3 is 0 Å². The summed E-state index contributed by atoms with van der Waals surface area (Å²) in [7, 11) is 1.58. The number of rotatable bonds is 6. The van der Waals surface area contributed by atoms with E-state index in [1.54, 1.807) is 20.1 Å². The van der Waals surface area contributed by atoms with Gasteiger partial charge in [-0.05, 0) is 41.4 Å². The number of aliphatic hydroxyl groups is 1. The molecule has 1 aromatic rings. The number of amides is 1. The Kier molecular flexibility index (Phi) is 5.97. The molecular weight excluding hydrogens is 310 g/mol. The predicted molar refractivity (Wildman–Crippen MR) is 78.3 cm³/mol. The van der Waals surface area contributed by atoms with Crippen LogP contribution in [0.5, 0.6) is 0 Å². The van der Waals surface area contributed by atoms with Crippen LogP contribution in [0, 0.1) is 6.92 Å². The molecule has 0 bridgehead atoms. The Hall–Kier alpha value is -0.910. The molecule has 0 aromatic heterocycles. The van der Waals surface area contributed by atoms with E-state index in [1.165, 1.54) is 0 Å². The molecule has 1 unspecified atom stereocenters. The van der Waals surface area contributed by atoms with E-state index in [4.69, 9.17) is 4.74 Å². The van der Waals surface area contributed by atoms with Crippen molar-refractivity contribution in [1.82, 2.24) is 5.32 Å². The third-order valence-electron chi connectivity index (χ3n) is 2.91. The van der Waals surface area contributed by atoms with Gasteiger partial charge in [0.1, 0.15) is 0 Å². The highest BCUT2D eigenvalue weighted by molar-refractivity contribution is 9.10. The Morgan fingerprint density at radius 2 is 2.21 bits per heavy atom. The van der Waals surface area contributed by atoms with Crippen LogP contribution in [-0.4, -0.2) is 36.9 Å². The minimum atomic E-state index is -0.970. The van der Waals surface area contributed by atoms with E-state index in [2.05, 4.69) is 21.2 Å². The standard InChI is InChI=1S/C14H20BrNO3/c1-10-5-4-6-11(12(10)15)13(17)16-9-14(2,18)7-8-19-3/h4-6,18H,7-9H2,1-3H3,(H,16,17). The second-order valence-corrected chi connectivity index (χ2v) is 5.65. The Bertz CT molecular complexity index is 446. The van der Waals surface area contributed by atoms with Gasteiger partial charge in [0, 0.05) is 31.2 Å². The highest BCUT2D eigenvalue weighted by atomic mass is 79.9. The van der Waals surface area contributed by atoms with Crippen molar-refractivity contribution in [3.05, 3.63) is 33.8 Å². The lowest BCUT2D eigenvalue weighted by Crippen LogP contribution is -2.41. The van der Waals surface area contributed by atoms with Gasteiger partial charge in [0.2, 0.25) is 0 Å². The van der Waals surface area contributed by atoms with Crippen LogP contribution in [0.4, 0.5) is 0 Å². The fraction of sp³-hybridized carbons (Fsp3) is 0.500. The monoisotopic (exact) mass is 329 g/mol. The molecule has 0 saturated heterocycles. The lowest BCUT2D eigenvalue weighted by molar-refractivity contribution is 0.0243. The first-order chi connectivity index (χ1) is 8.87. The van der Waals surface area contributed by atoms with Gasteiger partial charge in [-0.3, -0.25) is 4.79 Å². The summed E-state index contributed by atoms with van der Waals surface area (Å²) in [6, 6.07) is 5.50. The van der Waals surface area contributed by atoms with Crippen molar-refractivity contribution < 1.29 is 14.6 Å². The topological polar surface area (TPSA) is 58.6 Å². The Morgan fingerprint density at radius 1 is 1.53 bits per heavy atom. The number of ether oxygens (including phenoxy) is 1. The van der Waals surface area contributed by atoms with E-state index in [-0.39, 0.29) is 12.5 Å². The van der Waals surface area contributed by atoms with Crippen LogP contribution in [0.2, 0.25) is 0 Å². The molecule has 1 aromatic carbocycles. The molecule has 0 radical (unpaired) electrons. The van der Waals surface area contributed by atoms with E-state index < -0.39 is 5.60 Å². The number of carbonyl (C=O) groups excluding carboxylic acids is 1. The van der Waals surface area contributed by atoms with Crippen molar-refractivity contribution >= 4 is 21.8 Å². The molecule has 1 amide bonds. The quantitative estimate of drug-likeness (QED) is 0.841. The fourth-order valence-corrected chi connectivity index (χ4v) is 2.04. The molecule has 1 atom stereocenters. The molecule has 0 aliphatic rings. The highest BCUT2D eigenvalue weighted by Gasteiger charge is 2.21. The van der Waals surface area contributed by atoms with E-state index >= 15 is 0 Å². The van der Waals surface area contributed by atoms with Crippen molar-refractivity contribution in [3.8, 4) is 0 Å². The fourth-order valence-electron chi connectivity index (χ4n) is 1.60. The summed E-state index contributed by atoms with van der Waals surface area (Å²) in [5.41, 5.74) is 0.600. The number of methoxy groups -OCH3 is 1. The first kappa shape index (κ1) is 16.1. The van der Waals surface area contributed by atoms with Gasteiger partial charge in [0.25, 0.3) is 5.91 Å². The van der Waals surface area contributed by atoms with Gasteiger partial charge in [-0.1, -0.05) is 12.1 Å². The first-order valence-corrected chi connectivity index (χ1v) is 6.91. The molecule has 2 N–H and O–H groups in total. The smallest absolute Gasteiger partial charge is 0.252 e. The number of hydrogen-bond acceptors (Lipinski definition) is 3. The van der Waals surface area contributed by atoms with E-state index in [1.807, 2.05) is 19.1 Å². The number of carbonyl (C=O) groups is 1. The average Bonchev–Trinajstić information content (AvgIpc) is 2.37. The van der Waals surface area contributed by atoms with Crippen LogP contribution in [-0.2, 0) is 4.74 Å². The highest BCUT2D eigenvalue weighted by Crippen LogP contribution is 2.21. The van der Waals surface area contributed by atoms with E-state index in [9.17, 15) is 9.90 Å². The Labute approximate surface area is 122 Å². The van der Waals surface area contributed by atoms with Crippen LogP contribution in [0.3, 0.4) is 0 Å². The minimum absolute atomic E-state index is 0.190. The zero-order chi connectivity index (χ0) is 14.5. The summed E-state index contributed by atoms with van der Waals surface area (Å²) < 4.78 is 5.71. The summed E-state index contributed by atoms with van der Waals surface area (Å²) in [5.74, 6) is -0.201. The van der Waals surface area contributed by atoms with Crippen LogP contribution >= 0.6 is 15.9 Å². The molecule has 106 valence electrons. The van der Waals surface area contributed by atoms with E-state index in [0.29, 0.717) is 18.6 Å². The zero-order valence-corrected chi connectivity index (χ0v) is 13.1. The second-order valence-electron chi connectivity index (χ2n) is 4.86. The molecule has 5 heteroatoms. The number of nitrogens with one attached hydrogen (secondary N) is 1. The molecule has 4 nitrogen and oxygen atoms in total. The second kappa shape index (κ2) is 7.03. The molecule has 0 spiro atoms. The van der Waals surface area contributed by atoms with Gasteiger partial charge in [-0.25, -0.2) is 0 Å². The average molecular weight is 330 g/mol. The van der Waals surface area contributed by atoms with Gasteiger partial charge in [-0.15, -0.1) is 0 Å². The van der Waals surface area contributed by atoms with Crippen molar-refractivity contribution in [2.24, 2.45) is 0 Å². The molecule has 19 heavy (non-hydrogen) atoms. The zero-order valence-electron chi connectivity index (χ0n) is 11.5. The summed E-state index contributed by atoms with van der Waals surface area (Å²) in [4.78, 5) is 12.1. The van der Waals surface area contributed by atoms with Crippen LogP contribution in [0.1, 0.15) is 29.3 Å². The van der Waals surface area contributed by atoms with E-state index in [0.717, 1.165) is 10.0 Å². The summed E-state index contributed by atoms with van der Waals surface area (Å²) >= 11 is 3.40. The van der Waals surface area contributed by atoms with Gasteiger partial charge in [-0.2, -0.15) is 0 Å². The van der Waals surface area contributed by atoms with Crippen LogP contribution < -0.4 is 5.32 Å². The number of halogens is 1. The number of benzene rings is 1. The maximum Gasteiger partial charge on any atom is 0.252 e. The first-order valence-electron chi connectivity index (χ1n) is 6.12. The van der Waals surface area contributed by atoms with Crippen molar-refractivity contribution in [3.63, 3.8) is 0 Å². The molecular formula is C14H20BrNO3. The molecule has 0 fully saturated rings. The summed E-state index contributed by atoms with van der Waals surface area (Å²) in [6.45, 7) is 4.25. The van der Waals surface area contributed by atoms with Crippen molar-refractivity contribution in [1.29, 1.82) is 0 Å². The summed E-state index contributed by atoms with van der Waals surface area (Å²) in [6.07, 6.45) is 0.471. The predicted octanol–water partition coefficient (Wildman–Crippen LogP) is 2.27. The van der Waals surface area contributed by atoms with Crippen molar-refractivity contribution in [2.75, 3.05) is 20.3 Å². The normalized spacial score (nSPS) is 13.9. The molecule has 0 aliphatic heterocycles. The third kappa shape index (κ3) is 4.93. The van der Waals surface area contributed by atoms with Crippen LogP contribution in [0.25, 0.3) is 0 Å². The lowest BCUT2D eigenvalue weighted by Gasteiger charge is -2.23. The van der Waals surface area contributed by atoms with Gasteiger partial charge < -0.3 is 15.2 Å².